The molecule has 0 radical (unpaired) electrons. The van der Waals surface area contributed by atoms with E-state index in [2.05, 4.69) is 5.32 Å². The van der Waals surface area contributed by atoms with Gasteiger partial charge in [-0.3, -0.25) is 0 Å². The first kappa shape index (κ1) is 14.2. The Morgan fingerprint density at radius 3 is 2.33 bits per heavy atom. The maximum Gasteiger partial charge on any atom is 0.218 e. The molecule has 1 N–H and O–H groups in total. The monoisotopic (exact) mass is 296 g/mol. The number of rotatable bonds is 5. The highest BCUT2D eigenvalue weighted by molar-refractivity contribution is 7.92. The fourth-order valence-electron chi connectivity index (χ4n) is 1.93. The predicted octanol–water partition coefficient (Wildman–Crippen LogP) is -0.813. The summed E-state index contributed by atoms with van der Waals surface area (Å²) >= 11 is 0. The van der Waals surface area contributed by atoms with Gasteiger partial charge < -0.3 is 5.32 Å². The van der Waals surface area contributed by atoms with Crippen molar-refractivity contribution in [2.45, 2.75) is 31.1 Å². The molecular formula is C10H20N2O4S2. The Balaban J connectivity index is 1.92. The van der Waals surface area contributed by atoms with Gasteiger partial charge in [0.15, 0.2) is 9.84 Å². The smallest absolute Gasteiger partial charge is 0.218 e. The molecule has 2 rings (SSSR count). The summed E-state index contributed by atoms with van der Waals surface area (Å²) in [6.45, 7) is 2.31. The highest BCUT2D eigenvalue weighted by atomic mass is 32.2. The van der Waals surface area contributed by atoms with Crippen LogP contribution in [0, 0.1) is 0 Å². The average Bonchev–Trinajstić information content (AvgIpc) is 3.09. The molecule has 18 heavy (non-hydrogen) atoms. The van der Waals surface area contributed by atoms with Crippen molar-refractivity contribution >= 4 is 19.9 Å². The summed E-state index contributed by atoms with van der Waals surface area (Å²) in [4.78, 5) is 0. The third-order valence-electron chi connectivity index (χ3n) is 3.44. The second kappa shape index (κ2) is 5.07. The van der Waals surface area contributed by atoms with Gasteiger partial charge in [-0.15, -0.1) is 0 Å². The van der Waals surface area contributed by atoms with Crippen LogP contribution in [-0.4, -0.2) is 63.6 Å². The third-order valence-corrected chi connectivity index (χ3v) is 7.32. The van der Waals surface area contributed by atoms with Crippen molar-refractivity contribution in [1.82, 2.24) is 9.62 Å². The Morgan fingerprint density at radius 1 is 1.28 bits per heavy atom. The summed E-state index contributed by atoms with van der Waals surface area (Å²) in [6.07, 6.45) is 2.24. The zero-order valence-corrected chi connectivity index (χ0v) is 12.1. The highest BCUT2D eigenvalue weighted by Gasteiger charge is 2.34. The maximum atomic E-state index is 12.2. The molecule has 0 amide bonds. The Kier molecular flexibility index (Phi) is 4.01. The Labute approximate surface area is 109 Å². The molecule has 0 bridgehead atoms. The maximum absolute atomic E-state index is 12.2. The zero-order valence-electron chi connectivity index (χ0n) is 10.5. The van der Waals surface area contributed by atoms with E-state index >= 15 is 0 Å². The SMILES string of the molecule is CC(CNC1CC1)S(=O)(=O)N1CCS(=O)(=O)CC1. The summed E-state index contributed by atoms with van der Waals surface area (Å²) in [6, 6.07) is 0.476. The van der Waals surface area contributed by atoms with Crippen molar-refractivity contribution in [3.8, 4) is 0 Å². The van der Waals surface area contributed by atoms with E-state index in [4.69, 9.17) is 0 Å². The lowest BCUT2D eigenvalue weighted by molar-refractivity contribution is 0.421. The van der Waals surface area contributed by atoms with E-state index in [1.54, 1.807) is 6.92 Å². The van der Waals surface area contributed by atoms with E-state index in [9.17, 15) is 16.8 Å². The van der Waals surface area contributed by atoms with Gasteiger partial charge in [0.2, 0.25) is 10.0 Å². The molecule has 1 unspecified atom stereocenters. The third kappa shape index (κ3) is 3.43. The molecule has 0 aromatic rings. The number of sulfone groups is 1. The van der Waals surface area contributed by atoms with E-state index in [0.29, 0.717) is 12.6 Å². The predicted molar refractivity (Wildman–Crippen MR) is 69.6 cm³/mol. The number of hydrogen-bond acceptors (Lipinski definition) is 5. The second-order valence-electron chi connectivity index (χ2n) is 5.09. The van der Waals surface area contributed by atoms with Crippen LogP contribution in [0.2, 0.25) is 0 Å². The van der Waals surface area contributed by atoms with Crippen LogP contribution in [0.4, 0.5) is 0 Å². The van der Waals surface area contributed by atoms with Gasteiger partial charge in [-0.05, 0) is 19.8 Å². The normalized spacial score (nSPS) is 26.9. The van der Waals surface area contributed by atoms with Crippen molar-refractivity contribution in [3.05, 3.63) is 0 Å². The molecule has 0 aromatic carbocycles. The topological polar surface area (TPSA) is 83.6 Å². The summed E-state index contributed by atoms with van der Waals surface area (Å²) in [7, 11) is -6.41. The lowest BCUT2D eigenvalue weighted by atomic mass is 10.4. The lowest BCUT2D eigenvalue weighted by Crippen LogP contribution is -2.48. The van der Waals surface area contributed by atoms with Crippen LogP contribution < -0.4 is 5.32 Å². The summed E-state index contributed by atoms with van der Waals surface area (Å²) in [5, 5.41) is 2.69. The van der Waals surface area contributed by atoms with Crippen molar-refractivity contribution in [2.75, 3.05) is 31.1 Å². The van der Waals surface area contributed by atoms with Gasteiger partial charge >= 0.3 is 0 Å². The first-order chi connectivity index (χ1) is 8.31. The zero-order chi connectivity index (χ0) is 13.4. The summed E-state index contributed by atoms with van der Waals surface area (Å²) in [5.41, 5.74) is 0. The van der Waals surface area contributed by atoms with Crippen molar-refractivity contribution < 1.29 is 16.8 Å². The van der Waals surface area contributed by atoms with Crippen molar-refractivity contribution in [2.24, 2.45) is 0 Å². The standard InChI is InChI=1S/C10H20N2O4S2/c1-9(8-11-10-2-3-10)18(15,16)12-4-6-17(13,14)7-5-12/h9-11H,2-8H2,1H3. The van der Waals surface area contributed by atoms with Crippen LogP contribution in [0.1, 0.15) is 19.8 Å². The first-order valence-corrected chi connectivity index (χ1v) is 9.56. The van der Waals surface area contributed by atoms with Crippen molar-refractivity contribution in [3.63, 3.8) is 0 Å². The molecule has 2 aliphatic rings. The number of nitrogens with one attached hydrogen (secondary N) is 1. The molecule has 106 valence electrons. The van der Waals surface area contributed by atoms with Crippen LogP contribution in [-0.2, 0) is 19.9 Å². The molecule has 2 fully saturated rings. The number of nitrogens with zero attached hydrogens (tertiary/aromatic N) is 1. The molecule has 1 heterocycles. The van der Waals surface area contributed by atoms with E-state index in [1.807, 2.05) is 0 Å². The van der Waals surface area contributed by atoms with Crippen LogP contribution in [0.15, 0.2) is 0 Å². The van der Waals surface area contributed by atoms with E-state index in [0.717, 1.165) is 12.8 Å². The van der Waals surface area contributed by atoms with Crippen LogP contribution in [0.3, 0.4) is 0 Å². The quantitative estimate of drug-likeness (QED) is 0.717. The molecule has 0 spiro atoms. The van der Waals surface area contributed by atoms with E-state index in [-0.39, 0.29) is 24.6 Å². The van der Waals surface area contributed by atoms with Crippen LogP contribution >= 0.6 is 0 Å². The van der Waals surface area contributed by atoms with Crippen molar-refractivity contribution in [1.29, 1.82) is 0 Å². The Bertz CT molecular complexity index is 482. The van der Waals surface area contributed by atoms with Gasteiger partial charge in [0.05, 0.1) is 16.8 Å². The van der Waals surface area contributed by atoms with Gasteiger partial charge in [-0.2, -0.15) is 4.31 Å². The minimum Gasteiger partial charge on any atom is -0.313 e. The summed E-state index contributed by atoms with van der Waals surface area (Å²) in [5.74, 6) is -0.121. The molecule has 1 atom stereocenters. The highest BCUT2D eigenvalue weighted by Crippen LogP contribution is 2.19. The molecule has 1 aliphatic heterocycles. The lowest BCUT2D eigenvalue weighted by Gasteiger charge is -2.28. The molecule has 8 heteroatoms. The Morgan fingerprint density at radius 2 is 1.83 bits per heavy atom. The molecule has 1 saturated carbocycles. The van der Waals surface area contributed by atoms with Gasteiger partial charge in [0.1, 0.15) is 0 Å². The van der Waals surface area contributed by atoms with E-state index < -0.39 is 25.1 Å². The molecule has 6 nitrogen and oxygen atoms in total. The average molecular weight is 296 g/mol. The minimum atomic E-state index is -3.37. The minimum absolute atomic E-state index is 0.0605. The Hall–Kier alpha value is -0.180. The molecule has 1 aliphatic carbocycles. The summed E-state index contributed by atoms with van der Waals surface area (Å²) < 4.78 is 48.3. The number of sulfonamides is 1. The molecular weight excluding hydrogens is 276 g/mol. The largest absolute Gasteiger partial charge is 0.313 e. The number of hydrogen-bond donors (Lipinski definition) is 1. The van der Waals surface area contributed by atoms with Gasteiger partial charge in [0, 0.05) is 25.7 Å². The fraction of sp³-hybridized carbons (Fsp3) is 1.00. The second-order valence-corrected chi connectivity index (χ2v) is 9.74. The fourth-order valence-corrected chi connectivity index (χ4v) is 4.87. The van der Waals surface area contributed by atoms with E-state index in [1.165, 1.54) is 4.31 Å². The first-order valence-electron chi connectivity index (χ1n) is 6.24. The molecule has 1 saturated heterocycles. The van der Waals surface area contributed by atoms with Gasteiger partial charge in [-0.25, -0.2) is 16.8 Å². The van der Waals surface area contributed by atoms with Crippen LogP contribution in [0.5, 0.6) is 0 Å². The van der Waals surface area contributed by atoms with Gasteiger partial charge in [0.25, 0.3) is 0 Å². The van der Waals surface area contributed by atoms with Gasteiger partial charge in [-0.1, -0.05) is 0 Å². The molecule has 0 aromatic heterocycles. The van der Waals surface area contributed by atoms with Crippen LogP contribution in [0.25, 0.3) is 0 Å².